The second kappa shape index (κ2) is 48.3. The van der Waals surface area contributed by atoms with Crippen LogP contribution in [0.3, 0.4) is 0 Å². The first kappa shape index (κ1) is 106. The van der Waals surface area contributed by atoms with E-state index >= 15 is 0 Å². The predicted octanol–water partition coefficient (Wildman–Crippen LogP) is 15.4. The molecule has 0 unspecified atom stereocenters. The summed E-state index contributed by atoms with van der Waals surface area (Å²) in [6.07, 6.45) is 11.0. The molecule has 748 valence electrons. The number of hydrogen-bond acceptors (Lipinski definition) is 31. The van der Waals surface area contributed by atoms with E-state index in [-0.39, 0.29) is 100 Å². The van der Waals surface area contributed by atoms with Crippen LogP contribution in [0.25, 0.3) is 101 Å². The maximum absolute atomic E-state index is 13.0. The number of amides is 3. The molecule has 5 N–H and O–H groups in total. The van der Waals surface area contributed by atoms with Crippen molar-refractivity contribution >= 4 is 124 Å². The first-order valence-corrected chi connectivity index (χ1v) is 46.6. The second-order valence-electron chi connectivity index (χ2n) is 33.1. The molecule has 0 saturated carbocycles. The van der Waals surface area contributed by atoms with Gasteiger partial charge in [-0.25, -0.2) is 8.78 Å². The number of halogens is 2. The maximum atomic E-state index is 13.0. The predicted molar refractivity (Wildman–Crippen MR) is 555 cm³/mol. The molecule has 0 bridgehead atoms. The van der Waals surface area contributed by atoms with Gasteiger partial charge in [0.05, 0.1) is 55.9 Å². The molecule has 0 aliphatic heterocycles. The number of benzene rings is 6. The Hall–Kier alpha value is -18.1. The van der Waals surface area contributed by atoms with E-state index in [9.17, 15) is 38.4 Å². The summed E-state index contributed by atoms with van der Waals surface area (Å²) in [6.45, 7) is 9.35. The normalized spacial score (nSPS) is 11.1. The quantitative estimate of drug-likeness (QED) is 0.0230. The van der Waals surface area contributed by atoms with Gasteiger partial charge in [-0.05, 0) is 134 Å². The Kier molecular flexibility index (Phi) is 34.5. The van der Waals surface area contributed by atoms with E-state index in [0.717, 1.165) is 66.5 Å². The minimum atomic E-state index is -0.425. The molecule has 0 spiro atoms. The van der Waals surface area contributed by atoms with Crippen LogP contribution in [0.4, 0.5) is 8.78 Å². The Balaban J connectivity index is 0.000000140. The van der Waals surface area contributed by atoms with Crippen molar-refractivity contribution in [2.75, 3.05) is 0 Å². The van der Waals surface area contributed by atoms with Crippen molar-refractivity contribution in [1.82, 2.24) is 135 Å². The monoisotopic (exact) mass is 2090 g/mol. The number of hydrogen-bond donors (Lipinski definition) is 5. The fourth-order valence-electron chi connectivity index (χ4n) is 14.9. The van der Waals surface area contributed by atoms with E-state index in [0.29, 0.717) is 114 Å². The van der Waals surface area contributed by atoms with E-state index in [1.807, 2.05) is 167 Å². The van der Waals surface area contributed by atoms with E-state index in [2.05, 4.69) is 133 Å². The zero-order valence-electron chi connectivity index (χ0n) is 79.9. The van der Waals surface area contributed by atoms with Gasteiger partial charge in [-0.1, -0.05) is 163 Å². The number of rotatable bonds is 18. The molecule has 0 aliphatic rings. The standard InChI is InChI=1S/C18H16N6O2.C17H12FN5O2.C17H12FN5OS.C17H17N5O2.C17H16N4OS.C17H16N4OSe.2CH4/c1-11-5-7-12(8-6-11)10-14-20-21-18(26-14)17-16(23-25)15-13(24(2)22-17)4-3-9-19-15;1-23-12-3-2-8-19-14(12)16(24)15(22-23)17-21-20-13(25-17)9-10-4-6-11(18)7-5-10;1-23-12-3-2-8-19-14(12)16(25)15(22-23)17-21-20-13(24-17)9-10-4-6-11(18)7-5-10;1-11-5-7-12(8-6-11)10-19-17(23)16-15(21-24)14-13(22(2)20-16)4-3-9-18-14;2*1-11-5-7-12(8-6-11)10-19-17(22)15-16(23)14-13(21(2)20-15)4-3-9-18-14;;/h3-9,25H,10H2,1-2H3;2*2-8H,9H2,1H3;3-9,24H,10H2,1-2H3,(H,19,23);2*3-9H,10H2,1-2H3,(H,19,22);2*1H4/b23-16-;;;21-15-;;;;. The van der Waals surface area contributed by atoms with Crippen LogP contribution in [0, 0.1) is 52.4 Å². The van der Waals surface area contributed by atoms with Gasteiger partial charge >= 0.3 is 141 Å². The van der Waals surface area contributed by atoms with Crippen LogP contribution in [-0.2, 0) is 81.2 Å². The topological polar surface area (TPSA) is 471 Å². The van der Waals surface area contributed by atoms with Crippen molar-refractivity contribution in [2.45, 2.75) is 81.4 Å². The molecule has 15 heterocycles. The van der Waals surface area contributed by atoms with Gasteiger partial charge in [-0.2, -0.15) is 25.5 Å². The van der Waals surface area contributed by atoms with Crippen molar-refractivity contribution in [2.24, 2.45) is 52.6 Å². The molecule has 43 heteroatoms. The molecule has 0 fully saturated rings. The summed E-state index contributed by atoms with van der Waals surface area (Å²) in [7, 11) is 10.6. The van der Waals surface area contributed by atoms with Crippen LogP contribution in [0.5, 0.6) is 0 Å². The molecule has 21 aromatic rings. The van der Waals surface area contributed by atoms with Crippen molar-refractivity contribution in [1.29, 1.82) is 0 Å². The fraction of sp³-hybridized carbons (Fsp3) is 0.171. The Labute approximate surface area is 860 Å². The summed E-state index contributed by atoms with van der Waals surface area (Å²) < 4.78 is 54.2. The number of aromatic nitrogens is 24. The number of pyridine rings is 6. The van der Waals surface area contributed by atoms with Crippen LogP contribution in [-0.4, -0.2) is 163 Å². The summed E-state index contributed by atoms with van der Waals surface area (Å²) in [5, 5.41) is 84.2. The van der Waals surface area contributed by atoms with Gasteiger partial charge in [0.1, 0.15) is 39.2 Å². The Morgan fingerprint density at radius 1 is 0.338 bits per heavy atom. The largest absolute Gasteiger partial charge is 0.419 e. The molecule has 6 aromatic carbocycles. The molecule has 3 amide bonds. The molecular weight excluding hydrogens is 1990 g/mol. The third-order valence-electron chi connectivity index (χ3n) is 22.5. The van der Waals surface area contributed by atoms with Gasteiger partial charge in [0, 0.05) is 79.3 Å². The summed E-state index contributed by atoms with van der Waals surface area (Å²) in [5.74, 6) is 0.0928. The number of aryl methyl sites for hydroxylation is 10. The summed E-state index contributed by atoms with van der Waals surface area (Å²) in [5.41, 5.74) is 19.2. The fourth-order valence-corrected chi connectivity index (χ4v) is 16.0. The summed E-state index contributed by atoms with van der Waals surface area (Å²) in [6, 6.07) is 66.0. The van der Waals surface area contributed by atoms with Crippen LogP contribution >= 0.6 is 24.4 Å². The first-order chi connectivity index (χ1) is 70.6. The van der Waals surface area contributed by atoms with Crippen molar-refractivity contribution < 1.29 is 46.8 Å². The molecule has 0 radical (unpaired) electrons. The smallest absolute Gasteiger partial charge is 0.272 e. The molecule has 15 aromatic heterocycles. The average molecular weight is 2090 g/mol. The molecule has 148 heavy (non-hydrogen) atoms. The van der Waals surface area contributed by atoms with Crippen LogP contribution < -0.4 is 32.1 Å². The Bertz CT molecular complexity index is 8520. The van der Waals surface area contributed by atoms with E-state index in [4.69, 9.17) is 37.7 Å². The van der Waals surface area contributed by atoms with E-state index < -0.39 is 5.91 Å². The van der Waals surface area contributed by atoms with Crippen molar-refractivity contribution in [3.05, 3.63) is 392 Å². The molecule has 0 saturated heterocycles. The van der Waals surface area contributed by atoms with Gasteiger partial charge < -0.3 is 34.3 Å². The number of nitrogens with one attached hydrogen (secondary N) is 3. The third kappa shape index (κ3) is 25.2. The van der Waals surface area contributed by atoms with E-state index in [1.165, 1.54) is 45.6 Å². The zero-order chi connectivity index (χ0) is 103. The SMILES string of the molecule is C.C.Cc1ccc(CNC(=O)c2nn(C)c3cccnc3/c2=N/O)cc1.Cc1ccc(CNC(=O)c2nn(C)c3cccnc3c2=S)cc1.Cc1ccc(CNC(=O)c2nn(C)c3cccnc3c2=[Se])cc1.Cc1ccc(Cc2nnc(-c3nn(C)c4cccnc4/c3=N/O)o2)cc1.Cn1nc(-c2nnc(Cc3ccc(F)cc3)o2)c(=O)c2ncccc21.Cn1nc(-c2nnc(Cc3ccc(F)cc3)o2)c(=S)c2ncccc21. The molecule has 21 rings (SSSR count). The van der Waals surface area contributed by atoms with Crippen molar-refractivity contribution in [3.63, 3.8) is 0 Å². The Morgan fingerprint density at radius 2 is 0.615 bits per heavy atom. The second-order valence-corrected chi connectivity index (χ2v) is 34.7. The number of carbonyl (C=O) groups excluding carboxylic acids is 3. The van der Waals surface area contributed by atoms with Crippen LogP contribution in [0.1, 0.15) is 120 Å². The van der Waals surface area contributed by atoms with Gasteiger partial charge in [-0.15, -0.1) is 30.6 Å². The summed E-state index contributed by atoms with van der Waals surface area (Å²) in [4.78, 5) is 75.4. The van der Waals surface area contributed by atoms with Gasteiger partial charge in [0.25, 0.3) is 29.5 Å². The Morgan fingerprint density at radius 3 is 1.01 bits per heavy atom. The van der Waals surface area contributed by atoms with Crippen molar-refractivity contribution in [3.8, 4) is 34.8 Å². The maximum Gasteiger partial charge on any atom is 0.272 e. The van der Waals surface area contributed by atoms with E-state index in [1.54, 1.807) is 157 Å². The van der Waals surface area contributed by atoms with Gasteiger partial charge in [0.2, 0.25) is 23.1 Å². The minimum absolute atomic E-state index is 0. The molecule has 0 aliphatic carbocycles. The molecular formula is C105H97F2N29O9S2Se. The summed E-state index contributed by atoms with van der Waals surface area (Å²) >= 11 is 13.8. The van der Waals surface area contributed by atoms with Crippen LogP contribution in [0.15, 0.2) is 284 Å². The number of carbonyl (C=O) groups is 3. The first-order valence-electron chi connectivity index (χ1n) is 44.9. The number of fused-ring (bicyclic) bond motifs is 6. The average Bonchev–Trinajstić information content (AvgIpc) is 1.64. The van der Waals surface area contributed by atoms with Gasteiger partial charge in [-0.3, -0.25) is 62.7 Å². The molecule has 0 atom stereocenters. The molecule has 38 nitrogen and oxygen atoms in total. The van der Waals surface area contributed by atoms with Crippen LogP contribution in [0.2, 0.25) is 0 Å². The third-order valence-corrected chi connectivity index (χ3v) is 24.1. The number of nitrogens with zero attached hydrogens (tertiary/aromatic N) is 26. The zero-order valence-corrected chi connectivity index (χ0v) is 83.2. The van der Waals surface area contributed by atoms with Gasteiger partial charge in [0.15, 0.2) is 39.2 Å². The minimum Gasteiger partial charge on any atom is -0.419 e.